The predicted octanol–water partition coefficient (Wildman–Crippen LogP) is 2.11. The highest BCUT2D eigenvalue weighted by Gasteiger charge is 2.69. The molecule has 3 fully saturated rings. The SMILES string of the molecule is COc1cc([C@H]2c3sc(=O)[nH]c3S[C@@H]3[C@H]4C[C@@H]([C@@H]5C(=O)N(CCC(=O)O)C(=O)[C@H]45)[C@H]23)cc(OC)c1O. The van der Waals surface area contributed by atoms with Gasteiger partial charge in [0.15, 0.2) is 11.5 Å². The molecule has 2 bridgehead atoms. The van der Waals surface area contributed by atoms with E-state index >= 15 is 0 Å². The lowest BCUT2D eigenvalue weighted by Crippen LogP contribution is -2.42. The number of aromatic hydroxyl groups is 1. The maximum atomic E-state index is 13.4. The summed E-state index contributed by atoms with van der Waals surface area (Å²) in [6, 6.07) is 3.49. The van der Waals surface area contributed by atoms with Gasteiger partial charge in [-0.15, -0.1) is 11.8 Å². The van der Waals surface area contributed by atoms with Gasteiger partial charge in [-0.1, -0.05) is 11.3 Å². The lowest BCUT2D eigenvalue weighted by atomic mass is 9.68. The Balaban J connectivity index is 1.45. The number of hydrogen-bond acceptors (Lipinski definition) is 9. The number of carboxylic acids is 1. The Bertz CT molecular complexity index is 1330. The monoisotopic (exact) mass is 532 g/mol. The molecule has 7 atom stereocenters. The predicted molar refractivity (Wildman–Crippen MR) is 129 cm³/mol. The van der Waals surface area contributed by atoms with E-state index in [4.69, 9.17) is 14.6 Å². The Labute approximate surface area is 213 Å². The second kappa shape index (κ2) is 8.27. The van der Waals surface area contributed by atoms with Gasteiger partial charge in [0, 0.05) is 22.6 Å². The number of benzene rings is 1. The second-order valence-electron chi connectivity index (χ2n) is 9.71. The smallest absolute Gasteiger partial charge is 0.305 e. The fraction of sp³-hybridized carbons (Fsp3) is 0.500. The Morgan fingerprint density at radius 2 is 1.75 bits per heavy atom. The van der Waals surface area contributed by atoms with Gasteiger partial charge in [0.25, 0.3) is 0 Å². The average molecular weight is 533 g/mol. The van der Waals surface area contributed by atoms with Crippen LogP contribution in [0.1, 0.15) is 29.2 Å². The molecular formula is C24H24N2O8S2. The topological polar surface area (TPSA) is 146 Å². The molecule has 1 aromatic carbocycles. The number of phenolic OH excluding ortho intramolecular Hbond substituents is 1. The van der Waals surface area contributed by atoms with Gasteiger partial charge in [-0.25, -0.2) is 0 Å². The molecule has 2 aliphatic carbocycles. The summed E-state index contributed by atoms with van der Waals surface area (Å²) in [7, 11) is 2.91. The molecule has 10 nitrogen and oxygen atoms in total. The van der Waals surface area contributed by atoms with Crippen molar-refractivity contribution in [3.63, 3.8) is 0 Å². The first-order valence-electron chi connectivity index (χ1n) is 11.7. The first-order chi connectivity index (χ1) is 17.2. The quantitative estimate of drug-likeness (QED) is 0.476. The summed E-state index contributed by atoms with van der Waals surface area (Å²) in [5, 5.41) is 20.3. The minimum Gasteiger partial charge on any atom is -0.502 e. The van der Waals surface area contributed by atoms with Crippen LogP contribution in [-0.2, 0) is 14.4 Å². The number of ether oxygens (including phenoxy) is 2. The van der Waals surface area contributed by atoms with E-state index in [1.807, 2.05) is 0 Å². The fourth-order valence-corrected chi connectivity index (χ4v) is 9.86. The van der Waals surface area contributed by atoms with Crippen LogP contribution < -0.4 is 14.3 Å². The zero-order valence-corrected chi connectivity index (χ0v) is 21.1. The third kappa shape index (κ3) is 3.16. The number of H-pyrrole nitrogens is 1. The van der Waals surface area contributed by atoms with Crippen LogP contribution >= 0.6 is 23.1 Å². The number of thioether (sulfide) groups is 1. The van der Waals surface area contributed by atoms with E-state index in [9.17, 15) is 24.3 Å². The molecule has 0 unspecified atom stereocenters. The Hall–Kier alpha value is -2.99. The molecule has 12 heteroatoms. The summed E-state index contributed by atoms with van der Waals surface area (Å²) in [6.45, 7) is -0.113. The van der Waals surface area contributed by atoms with Crippen LogP contribution in [0.25, 0.3) is 0 Å². The van der Waals surface area contributed by atoms with Crippen LogP contribution in [0.4, 0.5) is 0 Å². The van der Waals surface area contributed by atoms with Crippen LogP contribution in [-0.4, -0.2) is 63.9 Å². The third-order valence-electron chi connectivity index (χ3n) is 8.23. The minimum absolute atomic E-state index is 0.000895. The molecule has 2 aromatic rings. The molecular weight excluding hydrogens is 508 g/mol. The molecule has 190 valence electrons. The maximum absolute atomic E-state index is 13.4. The first kappa shape index (κ1) is 23.4. The standard InChI is InChI=1S/C24H24N2O8S2/c1-33-11-5-8(6-12(34-2)18(11)29)14-15-9-7-10(19(15)35-21-20(14)36-24(32)25-21)17-16(9)22(30)26(23(17)31)4-3-13(27)28/h5-6,9-10,14-17,19,29H,3-4,7H2,1-2H3,(H,25,32)(H,27,28)/t9-,10+,14-,15-,16+,17-,19-/m1/s1. The van der Waals surface area contributed by atoms with Gasteiger partial charge in [-0.2, -0.15) is 0 Å². The van der Waals surface area contributed by atoms with E-state index in [0.717, 1.165) is 38.1 Å². The number of carbonyl (C=O) groups is 3. The number of aromatic nitrogens is 1. The lowest BCUT2D eigenvalue weighted by molar-refractivity contribution is -0.142. The number of aliphatic carboxylic acids is 1. The number of carboxylic acid groups (broad SMARTS) is 1. The van der Waals surface area contributed by atoms with Crippen molar-refractivity contribution in [3.05, 3.63) is 32.2 Å². The highest BCUT2D eigenvalue weighted by molar-refractivity contribution is 8.00. The molecule has 1 saturated heterocycles. The van der Waals surface area contributed by atoms with Gasteiger partial charge in [0.2, 0.25) is 17.6 Å². The number of fused-ring (bicyclic) bond motifs is 9. The van der Waals surface area contributed by atoms with Crippen molar-refractivity contribution < 1.29 is 34.1 Å². The number of carbonyl (C=O) groups excluding carboxylic acids is 2. The molecule has 2 saturated carbocycles. The summed E-state index contributed by atoms with van der Waals surface area (Å²) < 4.78 is 10.8. The van der Waals surface area contributed by atoms with Gasteiger partial charge in [-0.05, 0) is 41.9 Å². The lowest BCUT2D eigenvalue weighted by Gasteiger charge is -2.43. The van der Waals surface area contributed by atoms with E-state index in [1.165, 1.54) is 14.2 Å². The van der Waals surface area contributed by atoms with Crippen molar-refractivity contribution in [2.45, 2.75) is 29.0 Å². The Kier molecular flexibility index (Phi) is 5.38. The molecule has 2 amide bonds. The number of hydrogen-bond donors (Lipinski definition) is 3. The largest absolute Gasteiger partial charge is 0.502 e. The summed E-state index contributed by atoms with van der Waals surface area (Å²) >= 11 is 2.71. The van der Waals surface area contributed by atoms with Crippen molar-refractivity contribution >= 4 is 40.9 Å². The number of phenols is 1. The Morgan fingerprint density at radius 3 is 2.36 bits per heavy atom. The van der Waals surface area contributed by atoms with Crippen molar-refractivity contribution in [3.8, 4) is 17.2 Å². The summed E-state index contributed by atoms with van der Waals surface area (Å²) in [5.41, 5.74) is 0.803. The molecule has 2 aliphatic heterocycles. The molecule has 0 radical (unpaired) electrons. The number of imide groups is 1. The number of thiazole rings is 1. The number of rotatable bonds is 6. The van der Waals surface area contributed by atoms with Crippen LogP contribution in [0.2, 0.25) is 0 Å². The van der Waals surface area contributed by atoms with Gasteiger partial charge < -0.3 is 24.7 Å². The van der Waals surface area contributed by atoms with E-state index in [-0.39, 0.29) is 75.8 Å². The summed E-state index contributed by atoms with van der Waals surface area (Å²) in [6.07, 6.45) is 0.450. The van der Waals surface area contributed by atoms with Gasteiger partial charge in [-0.3, -0.25) is 24.1 Å². The van der Waals surface area contributed by atoms with Crippen LogP contribution in [0.3, 0.4) is 0 Å². The maximum Gasteiger partial charge on any atom is 0.305 e. The molecule has 36 heavy (non-hydrogen) atoms. The van der Waals surface area contributed by atoms with Crippen molar-refractivity contribution in [2.75, 3.05) is 20.8 Å². The van der Waals surface area contributed by atoms with Gasteiger partial charge in [0.05, 0.1) is 37.5 Å². The number of nitrogens with one attached hydrogen (secondary N) is 1. The molecule has 1 aromatic heterocycles. The average Bonchev–Trinajstić information content (AvgIpc) is 3.57. The van der Waals surface area contributed by atoms with E-state index in [0.29, 0.717) is 0 Å². The van der Waals surface area contributed by atoms with E-state index in [1.54, 1.807) is 23.9 Å². The van der Waals surface area contributed by atoms with Crippen molar-refractivity contribution in [1.29, 1.82) is 0 Å². The van der Waals surface area contributed by atoms with Gasteiger partial charge in [0.1, 0.15) is 0 Å². The second-order valence-corrected chi connectivity index (χ2v) is 11.9. The van der Waals surface area contributed by atoms with Crippen LogP contribution in [0, 0.1) is 29.6 Å². The molecule has 0 spiro atoms. The Morgan fingerprint density at radius 1 is 1.11 bits per heavy atom. The number of likely N-dealkylation sites (tertiary alicyclic amines) is 1. The van der Waals surface area contributed by atoms with Crippen molar-refractivity contribution in [2.24, 2.45) is 29.6 Å². The van der Waals surface area contributed by atoms with Crippen molar-refractivity contribution in [1.82, 2.24) is 9.88 Å². The molecule has 3 N–H and O–H groups in total. The summed E-state index contributed by atoms with van der Waals surface area (Å²) in [5.74, 6) is -2.61. The van der Waals surface area contributed by atoms with Crippen LogP contribution in [0.5, 0.6) is 17.2 Å². The third-order valence-corrected chi connectivity index (χ3v) is 10.8. The van der Waals surface area contributed by atoms with Gasteiger partial charge >= 0.3 is 10.8 Å². The zero-order chi connectivity index (χ0) is 25.5. The number of methoxy groups -OCH3 is 2. The first-order valence-corrected chi connectivity index (χ1v) is 13.4. The van der Waals surface area contributed by atoms with E-state index in [2.05, 4.69) is 4.98 Å². The fourth-order valence-electron chi connectivity index (χ4n) is 6.97. The number of nitrogens with zero attached hydrogens (tertiary/aromatic N) is 1. The zero-order valence-electron chi connectivity index (χ0n) is 19.4. The molecule has 6 rings (SSSR count). The minimum atomic E-state index is -1.05. The highest BCUT2D eigenvalue weighted by Crippen LogP contribution is 2.68. The highest BCUT2D eigenvalue weighted by atomic mass is 32.2. The molecule has 3 heterocycles. The number of amides is 2. The molecule has 4 aliphatic rings. The number of aromatic amines is 1. The van der Waals surface area contributed by atoms with Crippen LogP contribution in [0.15, 0.2) is 22.0 Å². The summed E-state index contributed by atoms with van der Waals surface area (Å²) in [4.78, 5) is 54.9. The normalized spacial score (nSPS) is 31.8. The van der Waals surface area contributed by atoms with E-state index < -0.39 is 17.8 Å².